The summed E-state index contributed by atoms with van der Waals surface area (Å²) in [5, 5.41) is 8.82. The second kappa shape index (κ2) is 3.54. The normalized spacial score (nSPS) is 13.0. The monoisotopic (exact) mass is 149 g/mol. The Bertz CT molecular complexity index is 230. The summed E-state index contributed by atoms with van der Waals surface area (Å²) in [6.45, 7) is 5.97. The van der Waals surface area contributed by atoms with Crippen LogP contribution in [0.4, 0.5) is 0 Å². The highest BCUT2D eigenvalue weighted by Crippen LogP contribution is 2.14. The van der Waals surface area contributed by atoms with Crippen molar-refractivity contribution in [1.82, 2.24) is 0 Å². The molecule has 0 amide bonds. The van der Waals surface area contributed by atoms with Gasteiger partial charge >= 0.3 is 0 Å². The van der Waals surface area contributed by atoms with Gasteiger partial charge in [0.25, 0.3) is 0 Å². The van der Waals surface area contributed by atoms with Crippen molar-refractivity contribution in [2.75, 3.05) is 6.61 Å². The first kappa shape index (κ1) is 8.28. The fraction of sp³-hybridized carbons (Fsp3) is 0.300. The van der Waals surface area contributed by atoms with Crippen molar-refractivity contribution in [2.24, 2.45) is 0 Å². The summed E-state index contributed by atoms with van der Waals surface area (Å²) in [4.78, 5) is 0. The molecule has 0 aliphatic rings. The number of rotatable bonds is 2. The van der Waals surface area contributed by atoms with Gasteiger partial charge in [-0.05, 0) is 19.4 Å². The maximum absolute atomic E-state index is 8.82. The van der Waals surface area contributed by atoms with Crippen LogP contribution in [0.15, 0.2) is 24.3 Å². The summed E-state index contributed by atoms with van der Waals surface area (Å²) < 4.78 is 0. The van der Waals surface area contributed by atoms with E-state index in [2.05, 4.69) is 6.92 Å². The maximum atomic E-state index is 8.82. The number of hydrogen-bond acceptors (Lipinski definition) is 1. The minimum absolute atomic E-state index is 0.00917. The van der Waals surface area contributed by atoms with Crippen LogP contribution in [0.5, 0.6) is 0 Å². The van der Waals surface area contributed by atoms with Crippen LogP contribution >= 0.6 is 0 Å². The lowest BCUT2D eigenvalue weighted by Crippen LogP contribution is -1.98. The molecule has 1 unspecified atom stereocenters. The third-order valence-electron chi connectivity index (χ3n) is 1.73. The molecule has 1 radical (unpaired) electrons. The summed E-state index contributed by atoms with van der Waals surface area (Å²) in [6.07, 6.45) is 0. The van der Waals surface area contributed by atoms with Crippen molar-refractivity contribution in [3.8, 4) is 0 Å². The van der Waals surface area contributed by atoms with Crippen LogP contribution in [0.1, 0.15) is 17.0 Å². The van der Waals surface area contributed by atoms with E-state index in [0.29, 0.717) is 0 Å². The van der Waals surface area contributed by atoms with E-state index in [1.165, 1.54) is 5.56 Å². The average molecular weight is 149 g/mol. The van der Waals surface area contributed by atoms with Gasteiger partial charge in [0, 0.05) is 12.5 Å². The lowest BCUT2D eigenvalue weighted by Gasteiger charge is -2.07. The third kappa shape index (κ3) is 2.05. The number of aryl methyl sites for hydroxylation is 1. The molecule has 0 saturated heterocycles. The molecule has 1 nitrogen and oxygen atoms in total. The van der Waals surface area contributed by atoms with E-state index < -0.39 is 0 Å². The van der Waals surface area contributed by atoms with Crippen LogP contribution in [-0.4, -0.2) is 11.7 Å². The van der Waals surface area contributed by atoms with E-state index in [1.54, 1.807) is 0 Å². The second-order valence-corrected chi connectivity index (χ2v) is 2.79. The van der Waals surface area contributed by atoms with Gasteiger partial charge in [-0.3, -0.25) is 0 Å². The minimum atomic E-state index is 0.00917. The molecule has 0 aliphatic heterocycles. The third-order valence-corrected chi connectivity index (χ3v) is 1.73. The Morgan fingerprint density at radius 3 is 2.82 bits per heavy atom. The first-order valence-corrected chi connectivity index (χ1v) is 3.74. The quantitative estimate of drug-likeness (QED) is 0.681. The molecule has 0 saturated carbocycles. The van der Waals surface area contributed by atoms with Crippen LogP contribution in [0.2, 0.25) is 0 Å². The van der Waals surface area contributed by atoms with Crippen molar-refractivity contribution in [1.29, 1.82) is 0 Å². The van der Waals surface area contributed by atoms with Crippen LogP contribution < -0.4 is 0 Å². The summed E-state index contributed by atoms with van der Waals surface area (Å²) in [5.41, 5.74) is 2.32. The SMILES string of the molecule is [CH2]C(CO)c1cccc(C)c1. The van der Waals surface area contributed by atoms with Crippen LogP contribution in [0.25, 0.3) is 0 Å². The number of benzene rings is 1. The second-order valence-electron chi connectivity index (χ2n) is 2.79. The fourth-order valence-electron chi connectivity index (χ4n) is 1.03. The fourth-order valence-corrected chi connectivity index (χ4v) is 1.03. The summed E-state index contributed by atoms with van der Waals surface area (Å²) in [7, 11) is 0. The van der Waals surface area contributed by atoms with E-state index in [-0.39, 0.29) is 12.5 Å². The Morgan fingerprint density at radius 2 is 2.27 bits per heavy atom. The Kier molecular flexibility index (Phi) is 2.66. The van der Waals surface area contributed by atoms with Crippen LogP contribution in [0, 0.1) is 13.8 Å². The number of hydrogen-bond donors (Lipinski definition) is 1. The van der Waals surface area contributed by atoms with Crippen LogP contribution in [0.3, 0.4) is 0 Å². The maximum Gasteiger partial charge on any atom is 0.0499 e. The molecule has 59 valence electrons. The number of aliphatic hydroxyl groups excluding tert-OH is 1. The van der Waals surface area contributed by atoms with Gasteiger partial charge in [0.05, 0.1) is 0 Å². The van der Waals surface area contributed by atoms with Crippen molar-refractivity contribution < 1.29 is 5.11 Å². The minimum Gasteiger partial charge on any atom is -0.396 e. The highest BCUT2D eigenvalue weighted by molar-refractivity contribution is 5.25. The largest absolute Gasteiger partial charge is 0.396 e. The Hall–Kier alpha value is -0.820. The topological polar surface area (TPSA) is 20.2 Å². The standard InChI is InChI=1S/C10H13O/c1-8-4-3-5-10(6-8)9(2)7-11/h3-6,9,11H,2,7H2,1H3. The molecule has 1 atom stereocenters. The Morgan fingerprint density at radius 1 is 1.55 bits per heavy atom. The Labute approximate surface area is 67.7 Å². The summed E-state index contributed by atoms with van der Waals surface area (Å²) in [5.74, 6) is 0.00917. The van der Waals surface area contributed by atoms with Crippen molar-refractivity contribution >= 4 is 0 Å². The van der Waals surface area contributed by atoms with Gasteiger partial charge in [0.15, 0.2) is 0 Å². The molecule has 1 aromatic carbocycles. The molecule has 0 fully saturated rings. The van der Waals surface area contributed by atoms with Gasteiger partial charge in [-0.2, -0.15) is 0 Å². The summed E-state index contributed by atoms with van der Waals surface area (Å²) >= 11 is 0. The zero-order valence-electron chi connectivity index (χ0n) is 6.75. The van der Waals surface area contributed by atoms with E-state index in [9.17, 15) is 0 Å². The van der Waals surface area contributed by atoms with Gasteiger partial charge in [-0.25, -0.2) is 0 Å². The predicted molar refractivity (Wildman–Crippen MR) is 46.4 cm³/mol. The molecule has 0 bridgehead atoms. The van der Waals surface area contributed by atoms with Gasteiger partial charge in [-0.1, -0.05) is 29.8 Å². The molecule has 11 heavy (non-hydrogen) atoms. The predicted octanol–water partition coefficient (Wildman–Crippen LogP) is 1.91. The van der Waals surface area contributed by atoms with Crippen LogP contribution in [-0.2, 0) is 0 Å². The first-order valence-electron chi connectivity index (χ1n) is 3.74. The lowest BCUT2D eigenvalue weighted by atomic mass is 10.0. The highest BCUT2D eigenvalue weighted by atomic mass is 16.3. The molecular weight excluding hydrogens is 136 g/mol. The molecule has 0 aromatic heterocycles. The first-order chi connectivity index (χ1) is 5.24. The molecule has 0 aliphatic carbocycles. The van der Waals surface area contributed by atoms with Crippen molar-refractivity contribution in [2.45, 2.75) is 12.8 Å². The zero-order chi connectivity index (χ0) is 8.27. The molecule has 1 heteroatoms. The van der Waals surface area contributed by atoms with Crippen molar-refractivity contribution in [3.05, 3.63) is 42.3 Å². The zero-order valence-corrected chi connectivity index (χ0v) is 6.75. The van der Waals surface area contributed by atoms with Gasteiger partial charge in [-0.15, -0.1) is 0 Å². The summed E-state index contributed by atoms with van der Waals surface area (Å²) in [6, 6.07) is 8.06. The van der Waals surface area contributed by atoms with Crippen molar-refractivity contribution in [3.63, 3.8) is 0 Å². The molecule has 0 spiro atoms. The van der Waals surface area contributed by atoms with Gasteiger partial charge < -0.3 is 5.11 Å². The van der Waals surface area contributed by atoms with E-state index >= 15 is 0 Å². The molecule has 1 aromatic rings. The van der Waals surface area contributed by atoms with Gasteiger partial charge in [0.2, 0.25) is 0 Å². The van der Waals surface area contributed by atoms with Gasteiger partial charge in [0.1, 0.15) is 0 Å². The number of aliphatic hydroxyl groups is 1. The molecular formula is C10H13O. The Balaban J connectivity index is 2.86. The molecule has 1 rings (SSSR count). The van der Waals surface area contributed by atoms with E-state index in [1.807, 2.05) is 31.2 Å². The lowest BCUT2D eigenvalue weighted by molar-refractivity contribution is 0.282. The molecule has 0 heterocycles. The molecule has 1 N–H and O–H groups in total. The van der Waals surface area contributed by atoms with E-state index in [0.717, 1.165) is 5.56 Å². The average Bonchev–Trinajstić information content (AvgIpc) is 2.03. The smallest absolute Gasteiger partial charge is 0.0499 e. The van der Waals surface area contributed by atoms with E-state index in [4.69, 9.17) is 5.11 Å². The highest BCUT2D eigenvalue weighted by Gasteiger charge is 2.02.